The molecular weight excluding hydrogens is 483 g/mol. The first-order valence-corrected chi connectivity index (χ1v) is 12.4. The molecule has 200 valence electrons. The average Bonchev–Trinajstić information content (AvgIpc) is 3.26. The van der Waals surface area contributed by atoms with Gasteiger partial charge in [0.1, 0.15) is 0 Å². The Bertz CT molecular complexity index is 1170. The molecule has 2 aliphatic heterocycles. The van der Waals surface area contributed by atoms with Crippen LogP contribution in [-0.2, 0) is 24.1 Å². The number of likely N-dealkylation sites (N-methyl/N-ethyl adjacent to an activating group) is 1. The number of carbonyl (C=O) groups excluding carboxylic acids is 2. The van der Waals surface area contributed by atoms with Crippen molar-refractivity contribution in [2.75, 3.05) is 45.6 Å². The second-order valence-electron chi connectivity index (χ2n) is 10.5. The van der Waals surface area contributed by atoms with Gasteiger partial charge in [0.25, 0.3) is 5.91 Å². The fourth-order valence-electron chi connectivity index (χ4n) is 5.35. The molecule has 2 aromatic carbocycles. The smallest absolute Gasteiger partial charge is 0.369 e. The van der Waals surface area contributed by atoms with E-state index < -0.39 is 23.6 Å². The lowest BCUT2D eigenvalue weighted by Crippen LogP contribution is -2.38. The number of nitrogens with zero attached hydrogens (tertiary/aromatic N) is 3. The second kappa shape index (κ2) is 10.8. The van der Waals surface area contributed by atoms with Crippen LogP contribution in [0.5, 0.6) is 0 Å². The van der Waals surface area contributed by atoms with Crippen LogP contribution < -0.4 is 11.1 Å². The van der Waals surface area contributed by atoms with E-state index >= 15 is 0 Å². The predicted octanol–water partition coefficient (Wildman–Crippen LogP) is 3.50. The van der Waals surface area contributed by atoms with Crippen molar-refractivity contribution in [1.82, 2.24) is 14.7 Å². The van der Waals surface area contributed by atoms with E-state index in [1.54, 1.807) is 18.2 Å². The van der Waals surface area contributed by atoms with E-state index in [1.165, 1.54) is 0 Å². The average molecular weight is 518 g/mol. The highest BCUT2D eigenvalue weighted by atomic mass is 19.4. The molecule has 0 bridgehead atoms. The topological polar surface area (TPSA) is 81.9 Å². The molecule has 0 unspecified atom stereocenters. The molecular formula is C27H34F3N5O2. The lowest BCUT2D eigenvalue weighted by atomic mass is 9.89. The number of fused-ring (bicyclic) bond motifs is 1. The van der Waals surface area contributed by atoms with Crippen molar-refractivity contribution in [3.05, 3.63) is 64.2 Å². The van der Waals surface area contributed by atoms with Gasteiger partial charge in [0, 0.05) is 50.0 Å². The van der Waals surface area contributed by atoms with Crippen molar-refractivity contribution >= 4 is 17.5 Å². The van der Waals surface area contributed by atoms with Gasteiger partial charge < -0.3 is 16.0 Å². The van der Waals surface area contributed by atoms with Crippen molar-refractivity contribution in [2.24, 2.45) is 5.73 Å². The summed E-state index contributed by atoms with van der Waals surface area (Å²) in [7, 11) is 4.01. The summed E-state index contributed by atoms with van der Waals surface area (Å²) in [5.41, 5.74) is 7.51. The Morgan fingerprint density at radius 1 is 1.11 bits per heavy atom. The lowest BCUT2D eigenvalue weighted by molar-refractivity contribution is -0.137. The number of halogens is 3. The zero-order chi connectivity index (χ0) is 26.9. The zero-order valence-electron chi connectivity index (χ0n) is 21.4. The van der Waals surface area contributed by atoms with Crippen LogP contribution in [0.4, 0.5) is 18.9 Å². The molecule has 0 radical (unpaired) electrons. The molecule has 2 aliphatic rings. The highest BCUT2D eigenvalue weighted by molar-refractivity contribution is 6.04. The molecule has 2 atom stereocenters. The van der Waals surface area contributed by atoms with Crippen LogP contribution in [0, 0.1) is 0 Å². The number of nitrogens with two attached hydrogens (primary N) is 1. The van der Waals surface area contributed by atoms with Gasteiger partial charge in [0.05, 0.1) is 12.1 Å². The number of nitrogens with one attached hydrogen (secondary N) is 1. The summed E-state index contributed by atoms with van der Waals surface area (Å²) in [6, 6.07) is 9.43. The van der Waals surface area contributed by atoms with Crippen molar-refractivity contribution in [2.45, 2.75) is 44.6 Å². The second-order valence-corrected chi connectivity index (χ2v) is 10.5. The predicted molar refractivity (Wildman–Crippen MR) is 136 cm³/mol. The van der Waals surface area contributed by atoms with E-state index in [0.29, 0.717) is 36.8 Å². The fourth-order valence-corrected chi connectivity index (χ4v) is 5.35. The Hall–Kier alpha value is -2.95. The number of primary amides is 1. The van der Waals surface area contributed by atoms with Crippen LogP contribution in [0.2, 0.25) is 0 Å². The number of amides is 2. The normalized spacial score (nSPS) is 20.7. The van der Waals surface area contributed by atoms with Crippen molar-refractivity contribution in [3.8, 4) is 0 Å². The molecule has 0 aromatic heterocycles. The number of anilines is 1. The van der Waals surface area contributed by atoms with Crippen LogP contribution in [0.15, 0.2) is 36.4 Å². The third-order valence-corrected chi connectivity index (χ3v) is 7.20. The first kappa shape index (κ1) is 27.1. The number of rotatable bonds is 7. The number of hydrogen-bond acceptors (Lipinski definition) is 5. The van der Waals surface area contributed by atoms with E-state index in [1.807, 2.05) is 32.0 Å². The number of hydrogen-bond donors (Lipinski definition) is 2. The molecule has 2 amide bonds. The van der Waals surface area contributed by atoms with Gasteiger partial charge in [-0.25, -0.2) is 0 Å². The van der Waals surface area contributed by atoms with E-state index in [-0.39, 0.29) is 18.2 Å². The van der Waals surface area contributed by atoms with Crippen LogP contribution in [0.25, 0.3) is 0 Å². The summed E-state index contributed by atoms with van der Waals surface area (Å²) in [6.45, 7) is 5.29. The largest absolute Gasteiger partial charge is 0.416 e. The van der Waals surface area contributed by atoms with Crippen molar-refractivity contribution in [1.29, 1.82) is 0 Å². The maximum absolute atomic E-state index is 13.7. The molecule has 1 saturated heterocycles. The fraction of sp³-hybridized carbons (Fsp3) is 0.481. The zero-order valence-corrected chi connectivity index (χ0v) is 21.4. The highest BCUT2D eigenvalue weighted by Crippen LogP contribution is 2.33. The number of benzene rings is 2. The summed E-state index contributed by atoms with van der Waals surface area (Å²) < 4.78 is 41.0. The molecule has 0 saturated carbocycles. The quantitative estimate of drug-likeness (QED) is 0.588. The third kappa shape index (κ3) is 6.68. The highest BCUT2D eigenvalue weighted by Gasteiger charge is 2.32. The van der Waals surface area contributed by atoms with E-state index in [0.717, 1.165) is 42.8 Å². The molecule has 2 aromatic rings. The van der Waals surface area contributed by atoms with Gasteiger partial charge in [0.2, 0.25) is 5.91 Å². The molecule has 1 fully saturated rings. The maximum atomic E-state index is 13.7. The molecule has 37 heavy (non-hydrogen) atoms. The number of carbonyl (C=O) groups is 2. The minimum Gasteiger partial charge on any atom is -0.369 e. The van der Waals surface area contributed by atoms with Gasteiger partial charge in [-0.1, -0.05) is 13.0 Å². The van der Waals surface area contributed by atoms with Gasteiger partial charge >= 0.3 is 6.18 Å². The summed E-state index contributed by atoms with van der Waals surface area (Å²) >= 11 is 0. The molecule has 0 spiro atoms. The Balaban J connectivity index is 1.53. The monoisotopic (exact) mass is 517 g/mol. The van der Waals surface area contributed by atoms with Gasteiger partial charge in [0.15, 0.2) is 0 Å². The third-order valence-electron chi connectivity index (χ3n) is 7.20. The Morgan fingerprint density at radius 2 is 1.86 bits per heavy atom. The van der Waals surface area contributed by atoms with Gasteiger partial charge in [-0.2, -0.15) is 13.2 Å². The first-order valence-electron chi connectivity index (χ1n) is 12.4. The molecule has 7 nitrogen and oxygen atoms in total. The molecule has 10 heteroatoms. The van der Waals surface area contributed by atoms with E-state index in [9.17, 15) is 22.8 Å². The van der Waals surface area contributed by atoms with Gasteiger partial charge in [-0.3, -0.25) is 19.4 Å². The van der Waals surface area contributed by atoms with Crippen LogP contribution >= 0.6 is 0 Å². The van der Waals surface area contributed by atoms with Crippen LogP contribution in [0.1, 0.15) is 51.9 Å². The van der Waals surface area contributed by atoms with Crippen molar-refractivity contribution < 1.29 is 22.8 Å². The standard InChI is InChI=1S/C27H34F3N5O2/c1-17-12-35(16-25(31)36)14-20-10-19(4-5-24(17)20)26(37)32-22-9-18(8-21(11-22)27(28,29)30)13-34-7-6-23(15-34)33(2)3/h4-5,8-11,17,23H,6-7,12-16H2,1-3H3,(H2,31,36)(H,32,37)/t17-,23+/m0/s1. The number of likely N-dealkylation sites (tertiary alicyclic amines) is 1. The Morgan fingerprint density at radius 3 is 2.51 bits per heavy atom. The lowest BCUT2D eigenvalue weighted by Gasteiger charge is -2.32. The van der Waals surface area contributed by atoms with E-state index in [4.69, 9.17) is 5.73 Å². The SMILES string of the molecule is C[C@H]1CN(CC(N)=O)Cc2cc(C(=O)Nc3cc(CN4CC[C@@H](N(C)C)C4)cc(C(F)(F)F)c3)ccc21. The first-order chi connectivity index (χ1) is 17.4. The molecule has 4 rings (SSSR count). The van der Waals surface area contributed by atoms with Gasteiger partial charge in [-0.15, -0.1) is 0 Å². The van der Waals surface area contributed by atoms with Crippen LogP contribution in [-0.4, -0.2) is 72.8 Å². The minimum absolute atomic E-state index is 0.111. The maximum Gasteiger partial charge on any atom is 0.416 e. The summed E-state index contributed by atoms with van der Waals surface area (Å²) in [4.78, 5) is 30.6. The van der Waals surface area contributed by atoms with Crippen molar-refractivity contribution in [3.63, 3.8) is 0 Å². The Kier molecular flexibility index (Phi) is 7.91. The van der Waals surface area contributed by atoms with Gasteiger partial charge in [-0.05, 0) is 73.5 Å². The Labute approximate surface area is 215 Å². The van der Waals surface area contributed by atoms with E-state index in [2.05, 4.69) is 15.1 Å². The molecule has 0 aliphatic carbocycles. The summed E-state index contributed by atoms with van der Waals surface area (Å²) in [5.74, 6) is -0.749. The number of alkyl halides is 3. The summed E-state index contributed by atoms with van der Waals surface area (Å²) in [6.07, 6.45) is -3.57. The molecule has 3 N–H and O–H groups in total. The van der Waals surface area contributed by atoms with Crippen LogP contribution in [0.3, 0.4) is 0 Å². The minimum atomic E-state index is -4.53. The summed E-state index contributed by atoms with van der Waals surface area (Å²) in [5, 5.41) is 2.67. The molecule has 2 heterocycles.